The number of hydrogen-bond acceptors (Lipinski definition) is 3. The van der Waals surface area contributed by atoms with E-state index in [-0.39, 0.29) is 12.5 Å². The van der Waals surface area contributed by atoms with E-state index in [1.807, 2.05) is 12.1 Å². The average molecular weight is 380 g/mol. The van der Waals surface area contributed by atoms with Crippen LogP contribution in [0.2, 0.25) is 0 Å². The van der Waals surface area contributed by atoms with Gasteiger partial charge in [-0.25, -0.2) is 0 Å². The van der Waals surface area contributed by atoms with Crippen molar-refractivity contribution in [2.45, 2.75) is 6.42 Å². The zero-order valence-electron chi connectivity index (χ0n) is 10.4. The Morgan fingerprint density at radius 3 is 2.33 bits per heavy atom. The van der Waals surface area contributed by atoms with E-state index in [4.69, 9.17) is 10.5 Å². The van der Waals surface area contributed by atoms with Gasteiger partial charge in [-0.15, -0.1) is 0 Å². The molecule has 0 aliphatic heterocycles. The van der Waals surface area contributed by atoms with Gasteiger partial charge in [0.15, 0.2) is 6.61 Å². The minimum Gasteiger partial charge on any atom is -0.481 e. The molecule has 0 radical (unpaired) electrons. The van der Waals surface area contributed by atoms with Gasteiger partial charge in [0, 0.05) is 14.1 Å². The Balaban J connectivity index is 2.80. The van der Waals surface area contributed by atoms with Gasteiger partial charge in [-0.3, -0.25) is 4.79 Å². The quantitative estimate of drug-likeness (QED) is 0.852. The first-order chi connectivity index (χ1) is 8.45. The molecule has 4 nitrogen and oxygen atoms in total. The van der Waals surface area contributed by atoms with Crippen LogP contribution in [0.25, 0.3) is 0 Å². The Hall–Kier alpha value is -0.590. The molecule has 2 N–H and O–H groups in total. The number of likely N-dealkylation sites (N-methyl/N-ethyl adjacent to an activating group) is 1. The first-order valence-electron chi connectivity index (χ1n) is 5.46. The van der Waals surface area contributed by atoms with Crippen molar-refractivity contribution in [3.63, 3.8) is 0 Å². The minimum absolute atomic E-state index is 0.0143. The standard InChI is InChI=1S/C12H16Br2N2O2/c1-16(2)11(17)7-18-12-9(13)5-8(3-4-15)6-10(12)14/h5-6H,3-4,7,15H2,1-2H3. The molecule has 0 saturated carbocycles. The number of nitrogens with zero attached hydrogens (tertiary/aromatic N) is 1. The van der Waals surface area contributed by atoms with E-state index in [9.17, 15) is 4.79 Å². The molecule has 1 aromatic carbocycles. The van der Waals surface area contributed by atoms with Gasteiger partial charge in [-0.2, -0.15) is 0 Å². The van der Waals surface area contributed by atoms with Crippen LogP contribution in [0.3, 0.4) is 0 Å². The number of hydrogen-bond donors (Lipinski definition) is 1. The van der Waals surface area contributed by atoms with Crippen molar-refractivity contribution in [1.82, 2.24) is 4.90 Å². The number of amides is 1. The third-order valence-corrected chi connectivity index (χ3v) is 3.51. The molecule has 100 valence electrons. The van der Waals surface area contributed by atoms with Crippen molar-refractivity contribution in [3.8, 4) is 5.75 Å². The van der Waals surface area contributed by atoms with E-state index >= 15 is 0 Å². The van der Waals surface area contributed by atoms with Crippen LogP contribution in [0.4, 0.5) is 0 Å². The maximum Gasteiger partial charge on any atom is 0.259 e. The molecule has 0 heterocycles. The molecule has 0 fully saturated rings. The van der Waals surface area contributed by atoms with Crippen LogP contribution in [-0.2, 0) is 11.2 Å². The summed E-state index contributed by atoms with van der Waals surface area (Å²) in [6.07, 6.45) is 0.800. The summed E-state index contributed by atoms with van der Waals surface area (Å²) in [4.78, 5) is 13.0. The first kappa shape index (κ1) is 15.5. The second-order valence-electron chi connectivity index (χ2n) is 4.00. The van der Waals surface area contributed by atoms with Crippen molar-refractivity contribution in [1.29, 1.82) is 0 Å². The van der Waals surface area contributed by atoms with Crippen molar-refractivity contribution in [3.05, 3.63) is 26.6 Å². The van der Waals surface area contributed by atoms with Crippen molar-refractivity contribution in [2.75, 3.05) is 27.2 Å². The predicted molar refractivity (Wildman–Crippen MR) is 78.8 cm³/mol. The number of nitrogens with two attached hydrogens (primary N) is 1. The van der Waals surface area contributed by atoms with Gasteiger partial charge in [-0.05, 0) is 62.5 Å². The minimum atomic E-state index is -0.0835. The van der Waals surface area contributed by atoms with Crippen molar-refractivity contribution in [2.24, 2.45) is 5.73 Å². The van der Waals surface area contributed by atoms with E-state index in [1.54, 1.807) is 14.1 Å². The third kappa shape index (κ3) is 4.26. The largest absolute Gasteiger partial charge is 0.481 e. The third-order valence-electron chi connectivity index (χ3n) is 2.33. The maximum absolute atomic E-state index is 11.5. The van der Waals surface area contributed by atoms with Crippen LogP contribution < -0.4 is 10.5 Å². The lowest BCUT2D eigenvalue weighted by Crippen LogP contribution is -2.27. The Labute approximate surface area is 124 Å². The highest BCUT2D eigenvalue weighted by Crippen LogP contribution is 2.34. The Kier molecular flexibility index (Phi) is 6.11. The second-order valence-corrected chi connectivity index (χ2v) is 5.71. The van der Waals surface area contributed by atoms with Crippen LogP contribution >= 0.6 is 31.9 Å². The molecule has 1 amide bonds. The number of rotatable bonds is 5. The van der Waals surface area contributed by atoms with Gasteiger partial charge >= 0.3 is 0 Å². The molecule has 0 saturated heterocycles. The normalized spacial score (nSPS) is 10.3. The highest BCUT2D eigenvalue weighted by atomic mass is 79.9. The summed E-state index contributed by atoms with van der Waals surface area (Å²) >= 11 is 6.87. The molecule has 1 aromatic rings. The topological polar surface area (TPSA) is 55.6 Å². The maximum atomic E-state index is 11.5. The molecule has 0 atom stereocenters. The average Bonchev–Trinajstić information content (AvgIpc) is 2.27. The molecule has 6 heteroatoms. The Morgan fingerprint density at radius 1 is 1.33 bits per heavy atom. The Bertz CT molecular complexity index is 413. The molecule has 0 aliphatic rings. The monoisotopic (exact) mass is 378 g/mol. The fraction of sp³-hybridized carbons (Fsp3) is 0.417. The van der Waals surface area contributed by atoms with Gasteiger partial charge < -0.3 is 15.4 Å². The van der Waals surface area contributed by atoms with Crippen LogP contribution in [0.1, 0.15) is 5.56 Å². The van der Waals surface area contributed by atoms with E-state index in [0.29, 0.717) is 12.3 Å². The van der Waals surface area contributed by atoms with Crippen LogP contribution in [0.5, 0.6) is 5.75 Å². The molecule has 0 bridgehead atoms. The Morgan fingerprint density at radius 2 is 1.89 bits per heavy atom. The molecular weight excluding hydrogens is 364 g/mol. The predicted octanol–water partition coefficient (Wildman–Crippen LogP) is 2.18. The molecule has 18 heavy (non-hydrogen) atoms. The lowest BCUT2D eigenvalue weighted by molar-refractivity contribution is -0.130. The van der Waals surface area contributed by atoms with Crippen LogP contribution in [0.15, 0.2) is 21.1 Å². The van der Waals surface area contributed by atoms with E-state index in [0.717, 1.165) is 20.9 Å². The zero-order valence-corrected chi connectivity index (χ0v) is 13.5. The summed E-state index contributed by atoms with van der Waals surface area (Å²) in [5, 5.41) is 0. The van der Waals surface area contributed by atoms with Crippen molar-refractivity contribution >= 4 is 37.8 Å². The molecule has 0 aliphatic carbocycles. The number of carbonyl (C=O) groups excluding carboxylic acids is 1. The van der Waals surface area contributed by atoms with Gasteiger partial charge in [0.25, 0.3) is 5.91 Å². The van der Waals surface area contributed by atoms with E-state index < -0.39 is 0 Å². The fourth-order valence-electron chi connectivity index (χ4n) is 1.32. The molecule has 0 spiro atoms. The van der Waals surface area contributed by atoms with E-state index in [1.165, 1.54) is 4.90 Å². The van der Waals surface area contributed by atoms with Gasteiger partial charge in [0.1, 0.15) is 5.75 Å². The van der Waals surface area contributed by atoms with Crippen molar-refractivity contribution < 1.29 is 9.53 Å². The molecule has 1 rings (SSSR count). The number of halogens is 2. The summed E-state index contributed by atoms with van der Waals surface area (Å²) in [5.41, 5.74) is 6.63. The summed E-state index contributed by atoms with van der Waals surface area (Å²) in [6, 6.07) is 3.90. The number of ether oxygens (including phenoxy) is 1. The zero-order chi connectivity index (χ0) is 13.7. The number of benzene rings is 1. The van der Waals surface area contributed by atoms with Gasteiger partial charge in [-0.1, -0.05) is 0 Å². The summed E-state index contributed by atoms with van der Waals surface area (Å²) in [7, 11) is 3.39. The summed E-state index contributed by atoms with van der Waals surface area (Å²) in [6.45, 7) is 0.610. The SMILES string of the molecule is CN(C)C(=O)COc1c(Br)cc(CCN)cc1Br. The lowest BCUT2D eigenvalue weighted by atomic mass is 10.1. The summed E-state index contributed by atoms with van der Waals surface area (Å²) in [5.74, 6) is 0.547. The molecule has 0 aromatic heterocycles. The smallest absolute Gasteiger partial charge is 0.259 e. The van der Waals surface area contributed by atoms with Gasteiger partial charge in [0.2, 0.25) is 0 Å². The van der Waals surface area contributed by atoms with E-state index in [2.05, 4.69) is 31.9 Å². The fourth-order valence-corrected chi connectivity index (χ4v) is 2.83. The van der Waals surface area contributed by atoms with Gasteiger partial charge in [0.05, 0.1) is 8.95 Å². The molecule has 0 unspecified atom stereocenters. The highest BCUT2D eigenvalue weighted by molar-refractivity contribution is 9.11. The first-order valence-corrected chi connectivity index (χ1v) is 7.05. The lowest BCUT2D eigenvalue weighted by Gasteiger charge is -2.14. The summed E-state index contributed by atoms with van der Waals surface area (Å²) < 4.78 is 7.13. The second kappa shape index (κ2) is 7.11. The number of carbonyl (C=O) groups is 1. The molecular formula is C12H16Br2N2O2. The highest BCUT2D eigenvalue weighted by Gasteiger charge is 2.11. The van der Waals surface area contributed by atoms with Crippen LogP contribution in [-0.4, -0.2) is 38.1 Å². The van der Waals surface area contributed by atoms with Crippen LogP contribution in [0, 0.1) is 0 Å².